The minimum atomic E-state index is -0.0582. The number of nitrogens with one attached hydrogen (secondary N) is 2. The first-order chi connectivity index (χ1) is 11.4. The summed E-state index contributed by atoms with van der Waals surface area (Å²) < 4.78 is 0. The maximum Gasteiger partial charge on any atom is 0.315 e. The van der Waals surface area contributed by atoms with Crippen molar-refractivity contribution in [3.63, 3.8) is 0 Å². The number of carbonyl (C=O) groups is 2. The predicted molar refractivity (Wildman–Crippen MR) is 97.7 cm³/mol. The van der Waals surface area contributed by atoms with Crippen LogP contribution in [0.2, 0.25) is 0 Å². The SMILES string of the molecule is CC(=O)CC(C)/C=C\CCCCNC(=O)NC1(C)CC2CC=CC21. The number of urea groups is 1. The number of fused-ring (bicyclic) bond motifs is 1. The van der Waals surface area contributed by atoms with E-state index in [0.29, 0.717) is 24.8 Å². The lowest BCUT2D eigenvalue weighted by Gasteiger charge is -2.50. The van der Waals surface area contributed by atoms with Crippen LogP contribution in [0.5, 0.6) is 0 Å². The normalized spacial score (nSPS) is 29.1. The molecule has 24 heavy (non-hydrogen) atoms. The van der Waals surface area contributed by atoms with Crippen molar-refractivity contribution in [2.45, 2.75) is 64.8 Å². The van der Waals surface area contributed by atoms with Gasteiger partial charge in [0, 0.05) is 24.4 Å². The lowest BCUT2D eigenvalue weighted by atomic mass is 9.61. The van der Waals surface area contributed by atoms with Gasteiger partial charge in [-0.05, 0) is 57.8 Å². The van der Waals surface area contributed by atoms with E-state index in [2.05, 4.69) is 48.8 Å². The molecule has 4 atom stereocenters. The number of ketones is 1. The molecule has 4 nitrogen and oxygen atoms in total. The number of rotatable bonds is 9. The van der Waals surface area contributed by atoms with E-state index in [1.54, 1.807) is 6.92 Å². The van der Waals surface area contributed by atoms with Gasteiger partial charge in [-0.2, -0.15) is 0 Å². The van der Waals surface area contributed by atoms with E-state index in [1.807, 2.05) is 0 Å². The summed E-state index contributed by atoms with van der Waals surface area (Å²) in [5.74, 6) is 1.82. The van der Waals surface area contributed by atoms with E-state index < -0.39 is 0 Å². The Bertz CT molecular complexity index is 512. The molecule has 4 unspecified atom stereocenters. The van der Waals surface area contributed by atoms with E-state index in [-0.39, 0.29) is 17.4 Å². The summed E-state index contributed by atoms with van der Waals surface area (Å²) in [7, 11) is 0. The first-order valence-corrected chi connectivity index (χ1v) is 9.29. The molecule has 0 aliphatic heterocycles. The van der Waals surface area contributed by atoms with Crippen molar-refractivity contribution >= 4 is 11.8 Å². The highest BCUT2D eigenvalue weighted by Gasteiger charge is 2.51. The second kappa shape index (κ2) is 8.50. The summed E-state index contributed by atoms with van der Waals surface area (Å²) in [5, 5.41) is 6.12. The van der Waals surface area contributed by atoms with Gasteiger partial charge in [0.1, 0.15) is 5.78 Å². The first-order valence-electron chi connectivity index (χ1n) is 9.29. The largest absolute Gasteiger partial charge is 0.338 e. The minimum absolute atomic E-state index is 0.0399. The molecule has 134 valence electrons. The average molecular weight is 332 g/mol. The zero-order valence-electron chi connectivity index (χ0n) is 15.3. The zero-order chi connectivity index (χ0) is 17.6. The van der Waals surface area contributed by atoms with Crippen molar-refractivity contribution in [2.75, 3.05) is 6.54 Å². The molecule has 0 saturated heterocycles. The third-order valence-corrected chi connectivity index (χ3v) is 5.27. The summed E-state index contributed by atoms with van der Waals surface area (Å²) >= 11 is 0. The van der Waals surface area contributed by atoms with Crippen LogP contribution in [0.3, 0.4) is 0 Å². The van der Waals surface area contributed by atoms with Gasteiger partial charge in [0.25, 0.3) is 0 Å². The van der Waals surface area contributed by atoms with E-state index in [0.717, 1.165) is 31.6 Å². The molecule has 2 rings (SSSR count). The van der Waals surface area contributed by atoms with Gasteiger partial charge >= 0.3 is 6.03 Å². The molecule has 2 aliphatic carbocycles. The fourth-order valence-corrected chi connectivity index (χ4v) is 4.04. The minimum Gasteiger partial charge on any atom is -0.338 e. The molecule has 0 aromatic carbocycles. The highest BCUT2D eigenvalue weighted by Crippen LogP contribution is 2.49. The van der Waals surface area contributed by atoms with Crippen molar-refractivity contribution in [3.8, 4) is 0 Å². The molecule has 4 heteroatoms. The Morgan fingerprint density at radius 3 is 2.88 bits per heavy atom. The van der Waals surface area contributed by atoms with Gasteiger partial charge < -0.3 is 15.4 Å². The van der Waals surface area contributed by atoms with Crippen molar-refractivity contribution < 1.29 is 9.59 Å². The zero-order valence-corrected chi connectivity index (χ0v) is 15.3. The van der Waals surface area contributed by atoms with Crippen LogP contribution in [0.4, 0.5) is 4.79 Å². The van der Waals surface area contributed by atoms with Crippen LogP contribution in [0.1, 0.15) is 59.3 Å². The van der Waals surface area contributed by atoms with E-state index in [9.17, 15) is 9.59 Å². The number of allylic oxidation sites excluding steroid dienone is 3. The third-order valence-electron chi connectivity index (χ3n) is 5.27. The van der Waals surface area contributed by atoms with Crippen molar-refractivity contribution in [3.05, 3.63) is 24.3 Å². The maximum atomic E-state index is 12.0. The standard InChI is InChI=1S/C20H32N2O2/c1-15(13-16(2)23)9-6-4-5-7-12-21-19(24)22-20(3)14-17-10-8-11-18(17)20/h6,8-9,11,15,17-18H,4-5,7,10,12-14H2,1-3H3,(H2,21,22,24)/b9-6-. The van der Waals surface area contributed by atoms with Crippen LogP contribution in [-0.4, -0.2) is 23.9 Å². The fraction of sp³-hybridized carbons (Fsp3) is 0.700. The summed E-state index contributed by atoms with van der Waals surface area (Å²) in [6.45, 7) is 6.56. The van der Waals surface area contributed by atoms with Crippen molar-refractivity contribution in [1.29, 1.82) is 0 Å². The quantitative estimate of drug-likeness (QED) is 0.495. The van der Waals surface area contributed by atoms with Gasteiger partial charge in [0.05, 0.1) is 0 Å². The smallest absolute Gasteiger partial charge is 0.315 e. The second-order valence-electron chi connectivity index (χ2n) is 7.76. The molecule has 0 bridgehead atoms. The average Bonchev–Trinajstić information content (AvgIpc) is 2.88. The van der Waals surface area contributed by atoms with E-state index in [1.165, 1.54) is 6.42 Å². The van der Waals surface area contributed by atoms with Crippen LogP contribution in [0.25, 0.3) is 0 Å². The Kier molecular flexibility index (Phi) is 6.64. The Morgan fingerprint density at radius 2 is 2.17 bits per heavy atom. The summed E-state index contributed by atoms with van der Waals surface area (Å²) in [5.41, 5.74) is -0.0582. The summed E-state index contributed by atoms with van der Waals surface area (Å²) in [6, 6.07) is -0.0399. The molecule has 0 heterocycles. The highest BCUT2D eigenvalue weighted by molar-refractivity contribution is 5.76. The Morgan fingerprint density at radius 1 is 1.38 bits per heavy atom. The second-order valence-corrected chi connectivity index (χ2v) is 7.76. The van der Waals surface area contributed by atoms with Gasteiger partial charge in [-0.25, -0.2) is 4.79 Å². The van der Waals surface area contributed by atoms with Crippen molar-refractivity contribution in [2.24, 2.45) is 17.8 Å². The molecule has 2 aliphatic rings. The number of amides is 2. The number of carbonyl (C=O) groups excluding carboxylic acids is 2. The molecule has 1 fully saturated rings. The highest BCUT2D eigenvalue weighted by atomic mass is 16.2. The Labute approximate surface area is 146 Å². The molecular formula is C20H32N2O2. The van der Waals surface area contributed by atoms with Crippen LogP contribution < -0.4 is 10.6 Å². The number of hydrogen-bond donors (Lipinski definition) is 2. The molecule has 0 spiro atoms. The third kappa shape index (κ3) is 5.22. The lowest BCUT2D eigenvalue weighted by Crippen LogP contribution is -2.62. The Hall–Kier alpha value is -1.58. The molecule has 2 N–H and O–H groups in total. The van der Waals surface area contributed by atoms with Gasteiger partial charge in [-0.3, -0.25) is 0 Å². The molecule has 1 saturated carbocycles. The molecule has 0 radical (unpaired) electrons. The molecular weight excluding hydrogens is 300 g/mol. The number of hydrogen-bond acceptors (Lipinski definition) is 2. The monoisotopic (exact) mass is 332 g/mol. The van der Waals surface area contributed by atoms with E-state index >= 15 is 0 Å². The predicted octanol–water partition coefficient (Wildman–Crippen LogP) is 3.98. The molecule has 2 amide bonds. The van der Waals surface area contributed by atoms with Crippen LogP contribution in [-0.2, 0) is 4.79 Å². The first kappa shape index (κ1) is 18.8. The molecule has 0 aromatic heterocycles. The van der Waals surface area contributed by atoms with E-state index in [4.69, 9.17) is 0 Å². The van der Waals surface area contributed by atoms with Crippen LogP contribution in [0, 0.1) is 17.8 Å². The lowest BCUT2D eigenvalue weighted by molar-refractivity contribution is -0.117. The maximum absolute atomic E-state index is 12.0. The van der Waals surface area contributed by atoms with Crippen LogP contribution >= 0.6 is 0 Å². The summed E-state index contributed by atoms with van der Waals surface area (Å²) in [4.78, 5) is 23.0. The van der Waals surface area contributed by atoms with Gasteiger partial charge in [-0.15, -0.1) is 0 Å². The van der Waals surface area contributed by atoms with Gasteiger partial charge in [0.15, 0.2) is 0 Å². The van der Waals surface area contributed by atoms with Crippen LogP contribution in [0.15, 0.2) is 24.3 Å². The number of unbranched alkanes of at least 4 members (excludes halogenated alkanes) is 2. The van der Waals surface area contributed by atoms with Gasteiger partial charge in [0.2, 0.25) is 0 Å². The summed E-state index contributed by atoms with van der Waals surface area (Å²) in [6.07, 6.45) is 14.7. The van der Waals surface area contributed by atoms with Crippen molar-refractivity contribution in [1.82, 2.24) is 10.6 Å². The fourth-order valence-electron chi connectivity index (χ4n) is 4.04. The number of Topliss-reactive ketones (excluding diaryl/α,β-unsaturated/α-hetero) is 1. The van der Waals surface area contributed by atoms with Gasteiger partial charge in [-0.1, -0.05) is 31.2 Å². The topological polar surface area (TPSA) is 58.2 Å². The Balaban J connectivity index is 1.52. The molecule has 0 aromatic rings.